The average Bonchev–Trinajstić information content (AvgIpc) is 3.04. The Labute approximate surface area is 110 Å². The van der Waals surface area contributed by atoms with Crippen LogP contribution in [0.25, 0.3) is 11.0 Å². The SMILES string of the molecule is O=C(NCc1nc2ccccc2[nH]1)C1CCSC1. The Kier molecular flexibility index (Phi) is 3.23. The molecule has 2 heterocycles. The molecule has 1 aliphatic rings. The number of benzene rings is 1. The summed E-state index contributed by atoms with van der Waals surface area (Å²) in [4.78, 5) is 19.5. The number of aromatic amines is 1. The minimum absolute atomic E-state index is 0.153. The van der Waals surface area contributed by atoms with Crippen molar-refractivity contribution in [3.8, 4) is 0 Å². The molecule has 0 bridgehead atoms. The van der Waals surface area contributed by atoms with Crippen LogP contribution in [0.4, 0.5) is 0 Å². The Morgan fingerprint density at radius 1 is 1.50 bits per heavy atom. The highest BCUT2D eigenvalue weighted by Crippen LogP contribution is 2.23. The lowest BCUT2D eigenvalue weighted by Crippen LogP contribution is -2.30. The Hall–Kier alpha value is -1.49. The predicted molar refractivity (Wildman–Crippen MR) is 73.4 cm³/mol. The van der Waals surface area contributed by atoms with E-state index in [1.807, 2.05) is 36.0 Å². The number of carbonyl (C=O) groups is 1. The molecule has 1 atom stereocenters. The number of hydrogen-bond acceptors (Lipinski definition) is 3. The maximum absolute atomic E-state index is 11.9. The van der Waals surface area contributed by atoms with Crippen LogP contribution in [0.15, 0.2) is 24.3 Å². The van der Waals surface area contributed by atoms with E-state index in [1.165, 1.54) is 0 Å². The molecule has 5 heteroatoms. The van der Waals surface area contributed by atoms with Crippen molar-refractivity contribution in [3.05, 3.63) is 30.1 Å². The maximum Gasteiger partial charge on any atom is 0.224 e. The second kappa shape index (κ2) is 5.02. The summed E-state index contributed by atoms with van der Waals surface area (Å²) in [7, 11) is 0. The van der Waals surface area contributed by atoms with E-state index in [0.717, 1.165) is 34.8 Å². The number of fused-ring (bicyclic) bond motifs is 1. The van der Waals surface area contributed by atoms with Crippen molar-refractivity contribution >= 4 is 28.7 Å². The van der Waals surface area contributed by atoms with E-state index < -0.39 is 0 Å². The number of imidazole rings is 1. The molecule has 0 saturated carbocycles. The Morgan fingerprint density at radius 2 is 2.39 bits per heavy atom. The first kappa shape index (κ1) is 11.6. The van der Waals surface area contributed by atoms with Gasteiger partial charge in [-0.05, 0) is 24.3 Å². The molecule has 0 spiro atoms. The zero-order valence-corrected chi connectivity index (χ0v) is 10.8. The van der Waals surface area contributed by atoms with Gasteiger partial charge in [0, 0.05) is 11.7 Å². The molecule has 0 aliphatic carbocycles. The van der Waals surface area contributed by atoms with Gasteiger partial charge in [-0.1, -0.05) is 12.1 Å². The van der Waals surface area contributed by atoms with Crippen LogP contribution in [0.5, 0.6) is 0 Å². The number of para-hydroxylation sites is 2. The molecule has 3 rings (SSSR count). The molecule has 1 saturated heterocycles. The van der Waals surface area contributed by atoms with Gasteiger partial charge in [-0.25, -0.2) is 4.98 Å². The van der Waals surface area contributed by atoms with Gasteiger partial charge in [-0.15, -0.1) is 0 Å². The minimum Gasteiger partial charge on any atom is -0.349 e. The standard InChI is InChI=1S/C13H15N3OS/c17-13(9-5-6-18-8-9)14-7-12-15-10-3-1-2-4-11(10)16-12/h1-4,9H,5-8H2,(H,14,17)(H,15,16). The molecule has 2 aromatic rings. The summed E-state index contributed by atoms with van der Waals surface area (Å²) in [6.45, 7) is 0.481. The third-order valence-electron chi connectivity index (χ3n) is 3.17. The summed E-state index contributed by atoms with van der Waals surface area (Å²) < 4.78 is 0. The summed E-state index contributed by atoms with van der Waals surface area (Å²) in [5.41, 5.74) is 1.95. The third-order valence-corrected chi connectivity index (χ3v) is 4.33. The normalized spacial score (nSPS) is 19.2. The van der Waals surface area contributed by atoms with Gasteiger partial charge < -0.3 is 10.3 Å². The van der Waals surface area contributed by atoms with Gasteiger partial charge in [-0.2, -0.15) is 11.8 Å². The first-order valence-electron chi connectivity index (χ1n) is 6.12. The number of nitrogens with one attached hydrogen (secondary N) is 2. The van der Waals surface area contributed by atoms with E-state index in [-0.39, 0.29) is 11.8 Å². The fraction of sp³-hybridized carbons (Fsp3) is 0.385. The highest BCUT2D eigenvalue weighted by Gasteiger charge is 2.22. The van der Waals surface area contributed by atoms with Crippen molar-refractivity contribution in [2.45, 2.75) is 13.0 Å². The van der Waals surface area contributed by atoms with Crippen LogP contribution in [0.1, 0.15) is 12.2 Å². The molecular weight excluding hydrogens is 246 g/mol. The van der Waals surface area contributed by atoms with Crippen molar-refractivity contribution in [1.82, 2.24) is 15.3 Å². The fourth-order valence-electron chi connectivity index (χ4n) is 2.15. The van der Waals surface area contributed by atoms with Gasteiger partial charge >= 0.3 is 0 Å². The van der Waals surface area contributed by atoms with Gasteiger partial charge in [0.25, 0.3) is 0 Å². The van der Waals surface area contributed by atoms with Gasteiger partial charge in [0.1, 0.15) is 5.82 Å². The number of thioether (sulfide) groups is 1. The van der Waals surface area contributed by atoms with Crippen molar-refractivity contribution in [1.29, 1.82) is 0 Å². The van der Waals surface area contributed by atoms with E-state index in [9.17, 15) is 4.79 Å². The lowest BCUT2D eigenvalue weighted by atomic mass is 10.1. The summed E-state index contributed by atoms with van der Waals surface area (Å²) in [5, 5.41) is 2.96. The number of nitrogens with zero attached hydrogens (tertiary/aromatic N) is 1. The lowest BCUT2D eigenvalue weighted by molar-refractivity contribution is -0.124. The number of H-pyrrole nitrogens is 1. The number of carbonyl (C=O) groups excluding carboxylic acids is 1. The topological polar surface area (TPSA) is 57.8 Å². The molecule has 4 nitrogen and oxygen atoms in total. The first-order chi connectivity index (χ1) is 8.83. The number of aromatic nitrogens is 2. The molecule has 0 radical (unpaired) electrons. The van der Waals surface area contributed by atoms with Crippen molar-refractivity contribution < 1.29 is 4.79 Å². The molecular formula is C13H15N3OS. The maximum atomic E-state index is 11.9. The zero-order chi connectivity index (χ0) is 12.4. The highest BCUT2D eigenvalue weighted by atomic mass is 32.2. The van der Waals surface area contributed by atoms with Crippen LogP contribution >= 0.6 is 11.8 Å². The van der Waals surface area contributed by atoms with E-state index >= 15 is 0 Å². The first-order valence-corrected chi connectivity index (χ1v) is 7.27. The van der Waals surface area contributed by atoms with E-state index in [1.54, 1.807) is 0 Å². The van der Waals surface area contributed by atoms with Crippen LogP contribution in [-0.4, -0.2) is 27.4 Å². The van der Waals surface area contributed by atoms with E-state index in [2.05, 4.69) is 15.3 Å². The van der Waals surface area contributed by atoms with Crippen LogP contribution in [0.2, 0.25) is 0 Å². The fourth-order valence-corrected chi connectivity index (χ4v) is 3.37. The van der Waals surface area contributed by atoms with Gasteiger partial charge in [0.15, 0.2) is 0 Å². The predicted octanol–water partition coefficient (Wildman–Crippen LogP) is 1.93. The summed E-state index contributed by atoms with van der Waals surface area (Å²) >= 11 is 1.85. The minimum atomic E-state index is 0.153. The largest absolute Gasteiger partial charge is 0.349 e. The van der Waals surface area contributed by atoms with Gasteiger partial charge in [0.05, 0.1) is 17.6 Å². The smallest absolute Gasteiger partial charge is 0.224 e. The molecule has 1 aromatic heterocycles. The van der Waals surface area contributed by atoms with E-state index in [0.29, 0.717) is 6.54 Å². The summed E-state index contributed by atoms with van der Waals surface area (Å²) in [6, 6.07) is 7.88. The number of rotatable bonds is 3. The summed E-state index contributed by atoms with van der Waals surface area (Å²) in [6.07, 6.45) is 0.997. The second-order valence-corrected chi connectivity index (χ2v) is 5.63. The van der Waals surface area contributed by atoms with Crippen LogP contribution in [-0.2, 0) is 11.3 Å². The quantitative estimate of drug-likeness (QED) is 0.887. The Bertz CT molecular complexity index is 527. The number of hydrogen-bond donors (Lipinski definition) is 2. The van der Waals surface area contributed by atoms with Crippen LogP contribution in [0.3, 0.4) is 0 Å². The Balaban J connectivity index is 1.63. The number of amides is 1. The van der Waals surface area contributed by atoms with Crippen molar-refractivity contribution in [2.24, 2.45) is 5.92 Å². The van der Waals surface area contributed by atoms with Crippen molar-refractivity contribution in [2.75, 3.05) is 11.5 Å². The molecule has 18 heavy (non-hydrogen) atoms. The second-order valence-electron chi connectivity index (χ2n) is 4.48. The molecule has 1 aliphatic heterocycles. The van der Waals surface area contributed by atoms with Gasteiger partial charge in [0.2, 0.25) is 5.91 Å². The molecule has 1 fully saturated rings. The molecule has 94 valence electrons. The monoisotopic (exact) mass is 261 g/mol. The third kappa shape index (κ3) is 2.36. The van der Waals surface area contributed by atoms with E-state index in [4.69, 9.17) is 0 Å². The molecule has 1 aromatic carbocycles. The zero-order valence-electron chi connectivity index (χ0n) is 9.98. The molecule has 1 amide bonds. The Morgan fingerprint density at radius 3 is 3.17 bits per heavy atom. The van der Waals surface area contributed by atoms with Crippen LogP contribution < -0.4 is 5.32 Å². The average molecular weight is 261 g/mol. The molecule has 1 unspecified atom stereocenters. The lowest BCUT2D eigenvalue weighted by Gasteiger charge is -2.07. The van der Waals surface area contributed by atoms with Crippen LogP contribution in [0, 0.1) is 5.92 Å². The highest BCUT2D eigenvalue weighted by molar-refractivity contribution is 7.99. The van der Waals surface area contributed by atoms with Crippen molar-refractivity contribution in [3.63, 3.8) is 0 Å². The summed E-state index contributed by atoms with van der Waals surface area (Å²) in [5.74, 6) is 3.20. The van der Waals surface area contributed by atoms with Gasteiger partial charge in [-0.3, -0.25) is 4.79 Å². The molecule has 2 N–H and O–H groups in total.